The SMILES string of the molecule is CNS(=O)(=O)c1cccc(CNC(=O)Nc2nc(C(F)(F)F)cs2)c1. The van der Waals surface area contributed by atoms with E-state index >= 15 is 0 Å². The van der Waals surface area contributed by atoms with Crippen molar-refractivity contribution >= 4 is 32.5 Å². The third kappa shape index (κ3) is 5.14. The van der Waals surface area contributed by atoms with E-state index in [9.17, 15) is 26.4 Å². The van der Waals surface area contributed by atoms with Gasteiger partial charge in [0.15, 0.2) is 10.8 Å². The van der Waals surface area contributed by atoms with Crippen LogP contribution in [0.3, 0.4) is 0 Å². The first kappa shape index (κ1) is 19.1. The number of amides is 2. The Kier molecular flexibility index (Phi) is 5.65. The molecule has 1 aromatic heterocycles. The second-order valence-electron chi connectivity index (χ2n) is 4.70. The highest BCUT2D eigenvalue weighted by molar-refractivity contribution is 7.89. The molecule has 0 spiro atoms. The highest BCUT2D eigenvalue weighted by Gasteiger charge is 2.33. The van der Waals surface area contributed by atoms with Crippen LogP contribution in [0.5, 0.6) is 0 Å². The highest BCUT2D eigenvalue weighted by atomic mass is 32.2. The van der Waals surface area contributed by atoms with Crippen LogP contribution in [-0.2, 0) is 22.7 Å². The second kappa shape index (κ2) is 7.37. The number of alkyl halides is 3. The first-order valence-corrected chi connectivity index (χ1v) is 9.08. The third-order valence-corrected chi connectivity index (χ3v) is 5.12. The van der Waals surface area contributed by atoms with Crippen LogP contribution in [0.1, 0.15) is 11.3 Å². The number of hydrogen-bond donors (Lipinski definition) is 3. The standard InChI is InChI=1S/C13H13F3N4O3S2/c1-17-25(22,23)9-4-2-3-8(5-9)6-18-11(21)20-12-19-10(7-24-12)13(14,15)16/h2-5,7,17H,6H2,1H3,(H2,18,19,20,21). The van der Waals surface area contributed by atoms with E-state index in [0.29, 0.717) is 16.9 Å². The minimum atomic E-state index is -4.58. The van der Waals surface area contributed by atoms with Crippen molar-refractivity contribution in [3.63, 3.8) is 0 Å². The second-order valence-corrected chi connectivity index (χ2v) is 7.44. The van der Waals surface area contributed by atoms with Crippen molar-refractivity contribution in [1.29, 1.82) is 0 Å². The Labute approximate surface area is 145 Å². The lowest BCUT2D eigenvalue weighted by Crippen LogP contribution is -2.28. The molecule has 25 heavy (non-hydrogen) atoms. The monoisotopic (exact) mass is 394 g/mol. The van der Waals surface area contributed by atoms with Crippen LogP contribution < -0.4 is 15.4 Å². The maximum absolute atomic E-state index is 12.4. The Morgan fingerprint density at radius 1 is 1.32 bits per heavy atom. The summed E-state index contributed by atoms with van der Waals surface area (Å²) in [5.41, 5.74) is -0.584. The molecule has 0 unspecified atom stereocenters. The Balaban J connectivity index is 1.96. The first-order valence-electron chi connectivity index (χ1n) is 6.72. The summed E-state index contributed by atoms with van der Waals surface area (Å²) in [7, 11) is -2.34. The van der Waals surface area contributed by atoms with Crippen molar-refractivity contribution in [3.05, 3.63) is 40.9 Å². The molecule has 0 radical (unpaired) electrons. The van der Waals surface area contributed by atoms with Gasteiger partial charge in [-0.1, -0.05) is 12.1 Å². The summed E-state index contributed by atoms with van der Waals surface area (Å²) in [6.07, 6.45) is -4.58. The molecule has 2 amide bonds. The largest absolute Gasteiger partial charge is 0.434 e. The minimum Gasteiger partial charge on any atom is -0.334 e. The summed E-state index contributed by atoms with van der Waals surface area (Å²) in [5.74, 6) is 0. The molecule has 0 saturated heterocycles. The predicted molar refractivity (Wildman–Crippen MR) is 85.7 cm³/mol. The topological polar surface area (TPSA) is 100 Å². The smallest absolute Gasteiger partial charge is 0.334 e. The number of hydrogen-bond acceptors (Lipinski definition) is 5. The number of aromatic nitrogens is 1. The minimum absolute atomic E-state index is 0.0174. The van der Waals surface area contributed by atoms with Gasteiger partial charge in [-0.05, 0) is 24.7 Å². The summed E-state index contributed by atoms with van der Waals surface area (Å²) in [4.78, 5) is 15.0. The predicted octanol–water partition coefficient (Wildman–Crippen LogP) is 2.39. The van der Waals surface area contributed by atoms with Gasteiger partial charge in [0.2, 0.25) is 10.0 Å². The van der Waals surface area contributed by atoms with Crippen LogP contribution in [0.15, 0.2) is 34.5 Å². The Bertz CT molecular complexity index is 865. The molecule has 3 N–H and O–H groups in total. The fourth-order valence-electron chi connectivity index (χ4n) is 1.73. The zero-order valence-electron chi connectivity index (χ0n) is 12.7. The fourth-order valence-corrected chi connectivity index (χ4v) is 3.24. The molecular weight excluding hydrogens is 381 g/mol. The summed E-state index contributed by atoms with van der Waals surface area (Å²) < 4.78 is 62.9. The number of sulfonamides is 1. The lowest BCUT2D eigenvalue weighted by molar-refractivity contribution is -0.140. The molecule has 0 aliphatic heterocycles. The van der Waals surface area contributed by atoms with Crippen LogP contribution in [0.4, 0.5) is 23.1 Å². The average molecular weight is 394 g/mol. The summed E-state index contributed by atoms with van der Waals surface area (Å²) in [6, 6.07) is 5.11. The molecule has 0 bridgehead atoms. The molecule has 1 heterocycles. The summed E-state index contributed by atoms with van der Waals surface area (Å²) in [5, 5.41) is 5.20. The molecule has 0 saturated carbocycles. The highest BCUT2D eigenvalue weighted by Crippen LogP contribution is 2.31. The van der Waals surface area contributed by atoms with Crippen LogP contribution in [0, 0.1) is 0 Å². The molecule has 2 aromatic rings. The number of thiazole rings is 1. The molecule has 0 atom stereocenters. The molecule has 0 aliphatic carbocycles. The lowest BCUT2D eigenvalue weighted by atomic mass is 10.2. The van der Waals surface area contributed by atoms with Crippen molar-refractivity contribution in [1.82, 2.24) is 15.0 Å². The molecule has 136 valence electrons. The van der Waals surface area contributed by atoms with Gasteiger partial charge in [-0.2, -0.15) is 13.2 Å². The number of nitrogens with zero attached hydrogens (tertiary/aromatic N) is 1. The van der Waals surface area contributed by atoms with E-state index in [-0.39, 0.29) is 16.6 Å². The maximum Gasteiger partial charge on any atom is 0.434 e. The fraction of sp³-hybridized carbons (Fsp3) is 0.231. The van der Waals surface area contributed by atoms with Crippen molar-refractivity contribution in [2.75, 3.05) is 12.4 Å². The van der Waals surface area contributed by atoms with E-state index in [1.807, 2.05) is 0 Å². The molecule has 12 heteroatoms. The first-order chi connectivity index (χ1) is 11.6. The van der Waals surface area contributed by atoms with Gasteiger partial charge in [-0.3, -0.25) is 5.32 Å². The molecular formula is C13H13F3N4O3S2. The number of rotatable bonds is 5. The Morgan fingerprint density at radius 2 is 2.04 bits per heavy atom. The molecule has 2 rings (SSSR count). The van der Waals surface area contributed by atoms with Gasteiger partial charge in [0.1, 0.15) is 0 Å². The van der Waals surface area contributed by atoms with Crippen LogP contribution in [0.2, 0.25) is 0 Å². The molecule has 7 nitrogen and oxygen atoms in total. The van der Waals surface area contributed by atoms with Gasteiger partial charge in [0.05, 0.1) is 4.90 Å². The van der Waals surface area contributed by atoms with E-state index < -0.39 is 27.9 Å². The molecule has 0 aliphatic rings. The summed E-state index contributed by atoms with van der Waals surface area (Å²) in [6.45, 7) is -0.0174. The van der Waals surface area contributed by atoms with E-state index in [1.54, 1.807) is 6.07 Å². The van der Waals surface area contributed by atoms with E-state index in [1.165, 1.54) is 25.2 Å². The van der Waals surface area contributed by atoms with E-state index in [4.69, 9.17) is 0 Å². The van der Waals surface area contributed by atoms with Gasteiger partial charge < -0.3 is 5.32 Å². The van der Waals surface area contributed by atoms with Gasteiger partial charge in [-0.25, -0.2) is 22.9 Å². The number of carbonyl (C=O) groups is 1. The molecule has 1 aromatic carbocycles. The van der Waals surface area contributed by atoms with Crippen molar-refractivity contribution in [2.24, 2.45) is 0 Å². The maximum atomic E-state index is 12.4. The van der Waals surface area contributed by atoms with Crippen LogP contribution >= 0.6 is 11.3 Å². The van der Waals surface area contributed by atoms with Gasteiger partial charge in [0, 0.05) is 11.9 Å². The number of halogens is 3. The van der Waals surface area contributed by atoms with Gasteiger partial charge in [-0.15, -0.1) is 11.3 Å². The Morgan fingerprint density at radius 3 is 2.64 bits per heavy atom. The van der Waals surface area contributed by atoms with Crippen molar-refractivity contribution < 1.29 is 26.4 Å². The van der Waals surface area contributed by atoms with Crippen LogP contribution in [0.25, 0.3) is 0 Å². The van der Waals surface area contributed by atoms with E-state index in [0.717, 1.165) is 5.38 Å². The Hall–Kier alpha value is -2.18. The van der Waals surface area contributed by atoms with E-state index in [2.05, 4.69) is 20.3 Å². The number of benzene rings is 1. The number of urea groups is 1. The summed E-state index contributed by atoms with van der Waals surface area (Å²) >= 11 is 0.645. The van der Waals surface area contributed by atoms with Crippen molar-refractivity contribution in [2.45, 2.75) is 17.6 Å². The van der Waals surface area contributed by atoms with Crippen LogP contribution in [-0.4, -0.2) is 26.5 Å². The van der Waals surface area contributed by atoms with Crippen molar-refractivity contribution in [3.8, 4) is 0 Å². The van der Waals surface area contributed by atoms with Gasteiger partial charge >= 0.3 is 12.2 Å². The zero-order valence-corrected chi connectivity index (χ0v) is 14.3. The average Bonchev–Trinajstić information content (AvgIpc) is 3.02. The van der Waals surface area contributed by atoms with Gasteiger partial charge in [0.25, 0.3) is 0 Å². The quantitative estimate of drug-likeness (QED) is 0.725. The zero-order chi connectivity index (χ0) is 18.7. The number of carbonyl (C=O) groups excluding carboxylic acids is 1. The normalized spacial score (nSPS) is 12.0. The molecule has 0 fully saturated rings. The number of anilines is 1. The number of nitrogens with one attached hydrogen (secondary N) is 3. The lowest BCUT2D eigenvalue weighted by Gasteiger charge is -2.08. The third-order valence-electron chi connectivity index (χ3n) is 2.95.